The number of aromatic nitrogens is 2. The number of carbonyl (C=O) groups excluding carboxylic acids is 2. The van der Waals surface area contributed by atoms with Gasteiger partial charge in [-0.15, -0.1) is 11.3 Å². The minimum absolute atomic E-state index is 0.172. The Balaban J connectivity index is 1.39. The van der Waals surface area contributed by atoms with Crippen molar-refractivity contribution in [1.29, 1.82) is 0 Å². The fourth-order valence-corrected chi connectivity index (χ4v) is 3.98. The van der Waals surface area contributed by atoms with E-state index in [4.69, 9.17) is 0 Å². The molecule has 10 heteroatoms. The van der Waals surface area contributed by atoms with Gasteiger partial charge in [-0.2, -0.15) is 4.98 Å². The van der Waals surface area contributed by atoms with Crippen LogP contribution < -0.4 is 21.3 Å². The van der Waals surface area contributed by atoms with Crippen molar-refractivity contribution >= 4 is 58.1 Å². The first-order chi connectivity index (χ1) is 17.4. The van der Waals surface area contributed by atoms with E-state index in [1.165, 1.54) is 29.5 Å². The minimum Gasteiger partial charge on any atom is -0.354 e. The van der Waals surface area contributed by atoms with E-state index in [9.17, 15) is 14.0 Å². The Morgan fingerprint density at radius 3 is 2.56 bits per heavy atom. The maximum atomic E-state index is 13.3. The highest BCUT2D eigenvalue weighted by molar-refractivity contribution is 7.12. The molecule has 0 fully saturated rings. The van der Waals surface area contributed by atoms with Crippen molar-refractivity contribution in [2.75, 3.05) is 23.0 Å². The van der Waals surface area contributed by atoms with Crippen LogP contribution in [0, 0.1) is 12.7 Å². The van der Waals surface area contributed by atoms with Gasteiger partial charge in [0.1, 0.15) is 16.5 Å². The molecule has 0 unspecified atom stereocenters. The molecule has 0 spiro atoms. The van der Waals surface area contributed by atoms with Crippen LogP contribution in [0.2, 0.25) is 0 Å². The molecule has 2 heterocycles. The molecule has 36 heavy (non-hydrogen) atoms. The van der Waals surface area contributed by atoms with Gasteiger partial charge in [0.15, 0.2) is 0 Å². The summed E-state index contributed by atoms with van der Waals surface area (Å²) >= 11 is 1.34. The van der Waals surface area contributed by atoms with Crippen molar-refractivity contribution in [2.45, 2.75) is 6.92 Å². The first kappa shape index (κ1) is 24.6. The van der Waals surface area contributed by atoms with E-state index >= 15 is 0 Å². The number of benzene rings is 2. The number of anilines is 5. The van der Waals surface area contributed by atoms with Crippen LogP contribution in [0.25, 0.3) is 6.08 Å². The minimum atomic E-state index is -0.360. The van der Waals surface area contributed by atoms with Gasteiger partial charge in [0.2, 0.25) is 11.9 Å². The molecule has 0 bridgehead atoms. The molecule has 0 aliphatic heterocycles. The summed E-state index contributed by atoms with van der Waals surface area (Å²) in [6.07, 6.45) is 4.57. The Kier molecular flexibility index (Phi) is 7.66. The molecule has 0 saturated heterocycles. The van der Waals surface area contributed by atoms with Crippen LogP contribution in [-0.2, 0) is 4.79 Å². The van der Waals surface area contributed by atoms with Gasteiger partial charge in [-0.1, -0.05) is 12.1 Å². The molecule has 0 aliphatic carbocycles. The normalized spacial score (nSPS) is 10.8. The highest BCUT2D eigenvalue weighted by Crippen LogP contribution is 2.27. The number of hydrogen-bond donors (Lipinski definition) is 4. The number of nitrogens with one attached hydrogen (secondary N) is 4. The highest BCUT2D eigenvalue weighted by Gasteiger charge is 2.14. The Bertz CT molecular complexity index is 1420. The summed E-state index contributed by atoms with van der Waals surface area (Å²) in [5, 5.41) is 13.6. The summed E-state index contributed by atoms with van der Waals surface area (Å²) in [4.78, 5) is 33.6. The summed E-state index contributed by atoms with van der Waals surface area (Å²) in [5.74, 6) is 0.0807. The number of halogens is 1. The van der Waals surface area contributed by atoms with Crippen LogP contribution in [0.3, 0.4) is 0 Å². The van der Waals surface area contributed by atoms with Gasteiger partial charge in [0, 0.05) is 36.3 Å². The number of thiophene rings is 1. The number of hydrogen-bond acceptors (Lipinski definition) is 7. The molecule has 2 aromatic heterocycles. The quantitative estimate of drug-likeness (QED) is 0.238. The molecule has 4 rings (SSSR count). The third-order valence-electron chi connectivity index (χ3n) is 5.01. The molecule has 0 atom stereocenters. The zero-order chi connectivity index (χ0) is 25.5. The number of aryl methyl sites for hydroxylation is 1. The number of carbonyl (C=O) groups is 2. The molecule has 4 N–H and O–H groups in total. The van der Waals surface area contributed by atoms with Crippen molar-refractivity contribution in [3.05, 3.63) is 94.1 Å². The second-order valence-electron chi connectivity index (χ2n) is 7.67. The van der Waals surface area contributed by atoms with E-state index in [1.807, 2.05) is 18.4 Å². The smallest absolute Gasteiger partial charge is 0.263 e. The van der Waals surface area contributed by atoms with Crippen molar-refractivity contribution < 1.29 is 14.0 Å². The third kappa shape index (κ3) is 6.30. The summed E-state index contributed by atoms with van der Waals surface area (Å²) in [5.41, 5.74) is 3.40. The summed E-state index contributed by atoms with van der Waals surface area (Å²) in [6.45, 7) is 1.87. The topological polar surface area (TPSA) is 108 Å². The number of amides is 2. The van der Waals surface area contributed by atoms with Gasteiger partial charge >= 0.3 is 0 Å². The van der Waals surface area contributed by atoms with Crippen molar-refractivity contribution in [3.63, 3.8) is 0 Å². The van der Waals surface area contributed by atoms with E-state index in [1.54, 1.807) is 55.7 Å². The first-order valence-electron chi connectivity index (χ1n) is 10.9. The zero-order valence-electron chi connectivity index (χ0n) is 19.5. The molecule has 4 aromatic rings. The Labute approximate surface area is 211 Å². The lowest BCUT2D eigenvalue weighted by Gasteiger charge is -2.11. The Morgan fingerprint density at radius 2 is 1.81 bits per heavy atom. The van der Waals surface area contributed by atoms with Crippen molar-refractivity contribution in [1.82, 2.24) is 15.3 Å². The largest absolute Gasteiger partial charge is 0.354 e. The van der Waals surface area contributed by atoms with Crippen LogP contribution in [0.5, 0.6) is 0 Å². The van der Waals surface area contributed by atoms with Crippen LogP contribution >= 0.6 is 11.3 Å². The lowest BCUT2D eigenvalue weighted by Crippen LogP contribution is -2.17. The molecule has 2 aromatic carbocycles. The average Bonchev–Trinajstić information content (AvgIpc) is 3.34. The van der Waals surface area contributed by atoms with E-state index in [-0.39, 0.29) is 17.6 Å². The van der Waals surface area contributed by atoms with Gasteiger partial charge in [0.25, 0.3) is 5.91 Å². The van der Waals surface area contributed by atoms with E-state index in [0.29, 0.717) is 33.6 Å². The summed E-state index contributed by atoms with van der Waals surface area (Å²) in [7, 11) is 1.59. The maximum absolute atomic E-state index is 13.3. The monoisotopic (exact) mass is 502 g/mol. The van der Waals surface area contributed by atoms with E-state index in [0.717, 1.165) is 11.3 Å². The molecule has 182 valence electrons. The fraction of sp³-hybridized carbons (Fsp3) is 0.0769. The Hall–Kier alpha value is -4.57. The standard InChI is InChI=1S/C26H23FN6O2S/c1-16-15-29-26(33-24(16)32-21-12-13-36-23(21)25(35)28-2)31-20-9-7-19(8-10-20)30-22(34)11-6-17-4-3-5-18(27)14-17/h3-15H,1-2H3,(H,28,35)(H,30,34)(H2,29,31,32,33)/b11-6+. The molecule has 0 aliphatic rings. The summed E-state index contributed by atoms with van der Waals surface area (Å²) in [6, 6.07) is 14.9. The second-order valence-corrected chi connectivity index (χ2v) is 8.59. The van der Waals surface area contributed by atoms with Crippen LogP contribution in [-0.4, -0.2) is 28.8 Å². The molecule has 0 saturated carbocycles. The third-order valence-corrected chi connectivity index (χ3v) is 5.92. The lowest BCUT2D eigenvalue weighted by molar-refractivity contribution is -0.111. The van der Waals surface area contributed by atoms with Gasteiger partial charge in [-0.3, -0.25) is 9.59 Å². The van der Waals surface area contributed by atoms with Gasteiger partial charge in [-0.05, 0) is 66.4 Å². The average molecular weight is 503 g/mol. The second kappa shape index (κ2) is 11.2. The zero-order valence-corrected chi connectivity index (χ0v) is 20.3. The Morgan fingerprint density at radius 1 is 1.03 bits per heavy atom. The number of nitrogens with zero attached hydrogens (tertiary/aromatic N) is 2. The molecular weight excluding hydrogens is 479 g/mol. The van der Waals surface area contributed by atoms with Crippen molar-refractivity contribution in [2.24, 2.45) is 0 Å². The predicted octanol–water partition coefficient (Wildman–Crippen LogP) is 5.48. The van der Waals surface area contributed by atoms with Crippen molar-refractivity contribution in [3.8, 4) is 0 Å². The first-order valence-corrected chi connectivity index (χ1v) is 11.8. The summed E-state index contributed by atoms with van der Waals surface area (Å²) < 4.78 is 13.3. The lowest BCUT2D eigenvalue weighted by atomic mass is 10.2. The number of rotatable bonds is 8. The van der Waals surface area contributed by atoms with Gasteiger partial charge in [0.05, 0.1) is 5.69 Å². The molecular formula is C26H23FN6O2S. The van der Waals surface area contributed by atoms with Gasteiger partial charge < -0.3 is 21.3 Å². The fourth-order valence-electron chi connectivity index (χ4n) is 3.19. The molecule has 8 nitrogen and oxygen atoms in total. The van der Waals surface area contributed by atoms with E-state index in [2.05, 4.69) is 31.2 Å². The molecule has 2 amide bonds. The predicted molar refractivity (Wildman–Crippen MR) is 142 cm³/mol. The van der Waals surface area contributed by atoms with E-state index < -0.39 is 0 Å². The van der Waals surface area contributed by atoms with Crippen LogP contribution in [0.1, 0.15) is 20.8 Å². The maximum Gasteiger partial charge on any atom is 0.263 e. The SMILES string of the molecule is CNC(=O)c1sccc1Nc1nc(Nc2ccc(NC(=O)/C=C/c3cccc(F)c3)cc2)ncc1C. The van der Waals surface area contributed by atoms with Crippen LogP contribution in [0.15, 0.2) is 72.3 Å². The van der Waals surface area contributed by atoms with Crippen LogP contribution in [0.4, 0.5) is 33.2 Å². The van der Waals surface area contributed by atoms with Gasteiger partial charge in [-0.25, -0.2) is 9.37 Å². The molecule has 0 radical (unpaired) electrons. The highest BCUT2D eigenvalue weighted by atomic mass is 32.1.